The Labute approximate surface area is 166 Å². The summed E-state index contributed by atoms with van der Waals surface area (Å²) in [5.41, 5.74) is 5.14. The minimum absolute atomic E-state index is 0.336. The minimum atomic E-state index is -0.844. The van der Waals surface area contributed by atoms with Crippen molar-refractivity contribution in [1.82, 2.24) is 5.32 Å². The predicted octanol–water partition coefficient (Wildman–Crippen LogP) is 5.05. The van der Waals surface area contributed by atoms with Crippen LogP contribution in [0.4, 0.5) is 18.9 Å². The number of fused-ring (bicyclic) bond motifs is 2. The van der Waals surface area contributed by atoms with E-state index >= 15 is 0 Å². The molecule has 1 aliphatic rings. The van der Waals surface area contributed by atoms with Crippen molar-refractivity contribution in [3.05, 3.63) is 77.6 Å². The first-order chi connectivity index (χ1) is 14.1. The second-order valence-corrected chi connectivity index (χ2v) is 6.65. The van der Waals surface area contributed by atoms with Crippen LogP contribution in [0, 0.1) is 17.5 Å². The van der Waals surface area contributed by atoms with Gasteiger partial charge in [-0.2, -0.15) is 0 Å². The lowest BCUT2D eigenvalue weighted by Gasteiger charge is -2.09. The topological polar surface area (TPSA) is 42.5 Å². The molecular weight excluding hydrogens is 381 g/mol. The number of hydrogen-bond donors (Lipinski definition) is 2. The van der Waals surface area contributed by atoms with E-state index < -0.39 is 11.6 Å². The molecule has 3 aromatic carbocycles. The van der Waals surface area contributed by atoms with Crippen LogP contribution in [0.15, 0.2) is 54.6 Å². The highest BCUT2D eigenvalue weighted by Crippen LogP contribution is 2.43. The van der Waals surface area contributed by atoms with Crippen LogP contribution < -0.4 is 20.4 Å². The van der Waals surface area contributed by atoms with Gasteiger partial charge in [0.1, 0.15) is 11.4 Å². The van der Waals surface area contributed by atoms with Gasteiger partial charge < -0.3 is 14.9 Å². The van der Waals surface area contributed by atoms with Crippen LogP contribution in [0.1, 0.15) is 12.0 Å². The van der Waals surface area contributed by atoms with Crippen LogP contribution in [0.3, 0.4) is 0 Å². The maximum absolute atomic E-state index is 13.9. The minimum Gasteiger partial charge on any atom is -0.494 e. The van der Waals surface area contributed by atoms with Crippen molar-refractivity contribution in [2.75, 3.05) is 18.6 Å². The Morgan fingerprint density at radius 1 is 0.897 bits per heavy atom. The molecule has 0 aromatic heterocycles. The normalized spacial score (nSPS) is 11.8. The molecule has 0 saturated carbocycles. The molecule has 0 atom stereocenters. The highest BCUT2D eigenvalue weighted by molar-refractivity contribution is 5.86. The average Bonchev–Trinajstić information content (AvgIpc) is 3.06. The number of ether oxygens (including phenoxy) is 1. The molecule has 7 heteroatoms. The molecule has 0 amide bonds. The van der Waals surface area contributed by atoms with E-state index in [0.29, 0.717) is 48.0 Å². The number of anilines is 1. The van der Waals surface area contributed by atoms with E-state index in [9.17, 15) is 13.2 Å². The van der Waals surface area contributed by atoms with Gasteiger partial charge in [-0.3, -0.25) is 0 Å². The zero-order chi connectivity index (χ0) is 20.2. The number of benzene rings is 3. The fourth-order valence-corrected chi connectivity index (χ4v) is 3.12. The summed E-state index contributed by atoms with van der Waals surface area (Å²) in [6.45, 7) is 1.64. The van der Waals surface area contributed by atoms with Gasteiger partial charge in [-0.1, -0.05) is 18.2 Å². The van der Waals surface area contributed by atoms with Crippen LogP contribution in [0.25, 0.3) is 11.1 Å². The second-order valence-electron chi connectivity index (χ2n) is 6.65. The molecule has 0 aliphatic carbocycles. The molecule has 0 saturated heterocycles. The quantitative estimate of drug-likeness (QED) is 0.520. The summed E-state index contributed by atoms with van der Waals surface area (Å²) in [6.07, 6.45) is 0.751. The Morgan fingerprint density at radius 2 is 1.69 bits per heavy atom. The first-order valence-corrected chi connectivity index (χ1v) is 9.25. The molecule has 1 aliphatic heterocycles. The van der Waals surface area contributed by atoms with Gasteiger partial charge in [-0.25, -0.2) is 18.7 Å². The standard InChI is InChI=1S/C22H19F3N2O2/c23-17-7-2-14(12-19(17)25)13-26-10-1-11-28-16-5-3-15(4-6-16)21-20-9-8-18(24)22(21)27-29-20/h2-9,12,26-27H,1,10-11,13H2. The van der Waals surface area contributed by atoms with Crippen molar-refractivity contribution in [2.24, 2.45) is 0 Å². The Morgan fingerprint density at radius 3 is 2.48 bits per heavy atom. The van der Waals surface area contributed by atoms with Crippen molar-refractivity contribution in [3.63, 3.8) is 0 Å². The molecule has 1 heterocycles. The van der Waals surface area contributed by atoms with Crippen molar-refractivity contribution >= 4 is 5.69 Å². The third-order valence-corrected chi connectivity index (χ3v) is 4.60. The fraction of sp³-hybridized carbons (Fsp3) is 0.182. The largest absolute Gasteiger partial charge is 0.494 e. The van der Waals surface area contributed by atoms with Gasteiger partial charge in [0.15, 0.2) is 23.2 Å². The molecule has 4 nitrogen and oxygen atoms in total. The van der Waals surface area contributed by atoms with Crippen molar-refractivity contribution in [1.29, 1.82) is 0 Å². The van der Waals surface area contributed by atoms with Crippen LogP contribution in [-0.2, 0) is 6.54 Å². The summed E-state index contributed by atoms with van der Waals surface area (Å²) in [5.74, 6) is -0.753. The summed E-state index contributed by atoms with van der Waals surface area (Å²) in [6, 6.07) is 14.2. The SMILES string of the molecule is Fc1ccc(CNCCCOc2ccc(-c3c4ccc(F)c3NO4)cc2)cc1F. The summed E-state index contributed by atoms with van der Waals surface area (Å²) in [5, 5.41) is 3.16. The molecule has 29 heavy (non-hydrogen) atoms. The van der Waals surface area contributed by atoms with E-state index in [0.717, 1.165) is 18.1 Å². The first-order valence-electron chi connectivity index (χ1n) is 9.25. The van der Waals surface area contributed by atoms with E-state index in [1.165, 1.54) is 12.1 Å². The summed E-state index contributed by atoms with van der Waals surface area (Å²) in [4.78, 5) is 5.26. The summed E-state index contributed by atoms with van der Waals surface area (Å²) >= 11 is 0. The van der Waals surface area contributed by atoms with E-state index in [4.69, 9.17) is 9.57 Å². The third kappa shape index (κ3) is 4.30. The van der Waals surface area contributed by atoms with Crippen LogP contribution >= 0.6 is 0 Å². The van der Waals surface area contributed by atoms with Gasteiger partial charge in [0.05, 0.1) is 12.2 Å². The molecule has 0 spiro atoms. The Kier molecular flexibility index (Phi) is 5.57. The average molecular weight is 400 g/mol. The van der Waals surface area contributed by atoms with Gasteiger partial charge in [-0.15, -0.1) is 0 Å². The highest BCUT2D eigenvalue weighted by atomic mass is 19.2. The maximum atomic E-state index is 13.9. The predicted molar refractivity (Wildman–Crippen MR) is 104 cm³/mol. The maximum Gasteiger partial charge on any atom is 0.165 e. The number of rotatable bonds is 8. The van der Waals surface area contributed by atoms with Gasteiger partial charge in [0, 0.05) is 6.54 Å². The van der Waals surface area contributed by atoms with Gasteiger partial charge in [-0.05, 0) is 60.5 Å². The lowest BCUT2D eigenvalue weighted by Crippen LogP contribution is -2.17. The Balaban J connectivity index is 1.23. The summed E-state index contributed by atoms with van der Waals surface area (Å²) in [7, 11) is 0. The van der Waals surface area contributed by atoms with E-state index in [2.05, 4.69) is 10.8 Å². The molecule has 0 fully saturated rings. The number of nitrogens with one attached hydrogen (secondary N) is 2. The Bertz CT molecular complexity index is 1010. The highest BCUT2D eigenvalue weighted by Gasteiger charge is 2.23. The van der Waals surface area contributed by atoms with Crippen LogP contribution in [0.2, 0.25) is 0 Å². The lowest BCUT2D eigenvalue weighted by molar-refractivity contribution is 0.308. The zero-order valence-corrected chi connectivity index (χ0v) is 15.5. The molecule has 0 radical (unpaired) electrons. The Hall–Kier alpha value is -3.19. The van der Waals surface area contributed by atoms with Crippen LogP contribution in [0.5, 0.6) is 11.5 Å². The summed E-state index contributed by atoms with van der Waals surface area (Å²) < 4.78 is 45.6. The zero-order valence-electron chi connectivity index (χ0n) is 15.5. The fourth-order valence-electron chi connectivity index (χ4n) is 3.12. The van der Waals surface area contributed by atoms with E-state index in [1.807, 2.05) is 24.3 Å². The number of hydrogen-bond acceptors (Lipinski definition) is 4. The first kappa shape index (κ1) is 19.1. The van der Waals surface area contributed by atoms with E-state index in [-0.39, 0.29) is 5.82 Å². The van der Waals surface area contributed by atoms with Crippen LogP contribution in [-0.4, -0.2) is 13.2 Å². The molecule has 150 valence electrons. The number of halogens is 3. The monoisotopic (exact) mass is 400 g/mol. The smallest absolute Gasteiger partial charge is 0.165 e. The van der Waals surface area contributed by atoms with Gasteiger partial charge in [0.25, 0.3) is 0 Å². The molecule has 2 bridgehead atoms. The molecular formula is C22H19F3N2O2. The molecule has 0 unspecified atom stereocenters. The molecule has 3 aromatic rings. The van der Waals surface area contributed by atoms with Gasteiger partial charge in [0.2, 0.25) is 0 Å². The molecule has 4 rings (SSSR count). The lowest BCUT2D eigenvalue weighted by atomic mass is 10.0. The van der Waals surface area contributed by atoms with E-state index in [1.54, 1.807) is 12.1 Å². The van der Waals surface area contributed by atoms with Crippen molar-refractivity contribution < 1.29 is 22.7 Å². The van der Waals surface area contributed by atoms with Crippen molar-refractivity contribution in [2.45, 2.75) is 13.0 Å². The van der Waals surface area contributed by atoms with Crippen molar-refractivity contribution in [3.8, 4) is 22.6 Å². The second kappa shape index (κ2) is 8.45. The molecule has 2 N–H and O–H groups in total. The third-order valence-electron chi connectivity index (χ3n) is 4.60. The van der Waals surface area contributed by atoms with Gasteiger partial charge >= 0.3 is 0 Å².